The minimum Gasteiger partial charge on any atom is -0.497 e. The van der Waals surface area contributed by atoms with Gasteiger partial charge in [-0.25, -0.2) is 0 Å². The molecule has 0 bridgehead atoms. The van der Waals surface area contributed by atoms with Gasteiger partial charge in [-0.15, -0.1) is 0 Å². The maximum absolute atomic E-state index is 13.5. The van der Waals surface area contributed by atoms with Crippen molar-refractivity contribution in [3.8, 4) is 11.8 Å². The Hall–Kier alpha value is -3.53. The molecule has 1 fully saturated rings. The molecule has 3 rings (SSSR count). The summed E-state index contributed by atoms with van der Waals surface area (Å²) in [6.07, 6.45) is 6.32. The van der Waals surface area contributed by atoms with Crippen molar-refractivity contribution in [1.29, 1.82) is 5.26 Å². The Balaban J connectivity index is 1.75. The van der Waals surface area contributed by atoms with Crippen LogP contribution in [0.2, 0.25) is 0 Å². The van der Waals surface area contributed by atoms with Crippen LogP contribution >= 0.6 is 0 Å². The van der Waals surface area contributed by atoms with Crippen molar-refractivity contribution in [2.24, 2.45) is 5.92 Å². The van der Waals surface area contributed by atoms with Crippen molar-refractivity contribution < 1.29 is 14.3 Å². The molecule has 7 nitrogen and oxygen atoms in total. The van der Waals surface area contributed by atoms with Gasteiger partial charge in [-0.1, -0.05) is 32.1 Å². The zero-order valence-electron chi connectivity index (χ0n) is 19.3. The normalized spacial score (nSPS) is 14.6. The average molecular weight is 449 g/mol. The number of ether oxygens (including phenoxy) is 1. The van der Waals surface area contributed by atoms with Gasteiger partial charge < -0.3 is 10.1 Å². The fraction of sp³-hybridized carbons (Fsp3) is 0.423. The van der Waals surface area contributed by atoms with Crippen molar-refractivity contribution in [3.63, 3.8) is 0 Å². The van der Waals surface area contributed by atoms with Crippen molar-refractivity contribution in [2.75, 3.05) is 19.1 Å². The number of hydrogen-bond donors (Lipinski definition) is 2. The lowest BCUT2D eigenvalue weighted by molar-refractivity contribution is -0.132. The van der Waals surface area contributed by atoms with E-state index < -0.39 is 6.04 Å². The number of amides is 2. The average Bonchev–Trinajstić information content (AvgIpc) is 2.87. The van der Waals surface area contributed by atoms with Crippen LogP contribution in [0.15, 0.2) is 48.5 Å². The van der Waals surface area contributed by atoms with Crippen molar-refractivity contribution in [1.82, 2.24) is 10.3 Å². The quantitative estimate of drug-likeness (QED) is 0.551. The number of benzene rings is 2. The lowest BCUT2D eigenvalue weighted by atomic mass is 9.84. The molecular formula is C26H32N4O3. The molecule has 1 atom stereocenters. The molecule has 7 heteroatoms. The number of anilines is 1. The number of rotatable bonds is 9. The molecule has 1 unspecified atom stereocenters. The topological polar surface area (TPSA) is 94.5 Å². The summed E-state index contributed by atoms with van der Waals surface area (Å²) < 4.78 is 5.20. The molecule has 0 aliphatic heterocycles. The van der Waals surface area contributed by atoms with Gasteiger partial charge in [0, 0.05) is 12.1 Å². The van der Waals surface area contributed by atoms with Crippen molar-refractivity contribution >= 4 is 17.5 Å². The van der Waals surface area contributed by atoms with Gasteiger partial charge in [0.1, 0.15) is 11.8 Å². The summed E-state index contributed by atoms with van der Waals surface area (Å²) in [7, 11) is 1.61. The summed E-state index contributed by atoms with van der Waals surface area (Å²) in [5, 5.41) is 13.5. The summed E-state index contributed by atoms with van der Waals surface area (Å²) in [6, 6.07) is 15.2. The summed E-state index contributed by atoms with van der Waals surface area (Å²) in [5.74, 6) is 0.670. The minimum atomic E-state index is -0.637. The third-order valence-corrected chi connectivity index (χ3v) is 6.11. The number of carbonyl (C=O) groups is 2. The first-order valence-corrected chi connectivity index (χ1v) is 11.6. The van der Waals surface area contributed by atoms with Gasteiger partial charge >= 0.3 is 0 Å². The highest BCUT2D eigenvalue weighted by Gasteiger charge is 2.29. The molecule has 0 aromatic heterocycles. The smallest absolute Gasteiger partial charge is 0.263 e. The molecule has 2 N–H and O–H groups in total. The lowest BCUT2D eigenvalue weighted by Gasteiger charge is -2.31. The van der Waals surface area contributed by atoms with Gasteiger partial charge in [0.05, 0.1) is 24.4 Å². The Morgan fingerprint density at radius 3 is 2.33 bits per heavy atom. The van der Waals surface area contributed by atoms with Crippen LogP contribution in [-0.4, -0.2) is 36.5 Å². The number of nitrogens with zero attached hydrogens (tertiary/aromatic N) is 2. The molecular weight excluding hydrogens is 416 g/mol. The van der Waals surface area contributed by atoms with Crippen LogP contribution in [0, 0.1) is 17.2 Å². The highest BCUT2D eigenvalue weighted by molar-refractivity contribution is 5.97. The molecule has 1 aliphatic rings. The van der Waals surface area contributed by atoms with Crippen LogP contribution in [0.3, 0.4) is 0 Å². The number of carbonyl (C=O) groups excluding carboxylic acids is 2. The van der Waals surface area contributed by atoms with E-state index in [4.69, 9.17) is 10.00 Å². The van der Waals surface area contributed by atoms with Gasteiger partial charge in [0.25, 0.3) is 11.8 Å². The maximum atomic E-state index is 13.5. The molecule has 0 heterocycles. The second kappa shape index (κ2) is 11.9. The van der Waals surface area contributed by atoms with Crippen LogP contribution in [0.1, 0.15) is 61.4 Å². The standard InChI is InChI=1S/C26H32N4O3/c1-3-30(29-22-13-15-23(33-2)16-14-22)26(32)24(17-19-7-5-4-6-8-19)28-25(31)21-11-9-20(18-27)10-12-21/h9-16,19,24,29H,3-8,17H2,1-2H3,(H,28,31). The Labute approximate surface area is 195 Å². The van der Waals surface area contributed by atoms with Crippen molar-refractivity contribution in [3.05, 3.63) is 59.7 Å². The summed E-state index contributed by atoms with van der Waals surface area (Å²) in [5.41, 5.74) is 4.85. The molecule has 0 saturated heterocycles. The van der Waals surface area contributed by atoms with E-state index >= 15 is 0 Å². The lowest BCUT2D eigenvalue weighted by Crippen LogP contribution is -2.51. The zero-order valence-corrected chi connectivity index (χ0v) is 19.3. The van der Waals surface area contributed by atoms with Gasteiger partial charge in [0.2, 0.25) is 0 Å². The third-order valence-electron chi connectivity index (χ3n) is 6.11. The van der Waals surface area contributed by atoms with E-state index in [2.05, 4.69) is 16.8 Å². The summed E-state index contributed by atoms with van der Waals surface area (Å²) in [6.45, 7) is 2.34. The molecule has 33 heavy (non-hydrogen) atoms. The third kappa shape index (κ3) is 6.72. The maximum Gasteiger partial charge on any atom is 0.263 e. The van der Waals surface area contributed by atoms with E-state index in [0.29, 0.717) is 30.0 Å². The Bertz CT molecular complexity index is 961. The molecule has 2 aromatic rings. The largest absolute Gasteiger partial charge is 0.497 e. The summed E-state index contributed by atoms with van der Waals surface area (Å²) in [4.78, 5) is 26.5. The minimum absolute atomic E-state index is 0.166. The van der Waals surface area contributed by atoms with Crippen molar-refractivity contribution in [2.45, 2.75) is 51.5 Å². The molecule has 1 aliphatic carbocycles. The summed E-state index contributed by atoms with van der Waals surface area (Å²) >= 11 is 0. The van der Waals surface area contributed by atoms with Crippen LogP contribution < -0.4 is 15.5 Å². The van der Waals surface area contributed by atoms with E-state index in [1.54, 1.807) is 36.4 Å². The zero-order chi connectivity index (χ0) is 23.6. The van der Waals surface area contributed by atoms with Crippen LogP contribution in [0.5, 0.6) is 5.75 Å². The van der Waals surface area contributed by atoms with E-state index in [1.807, 2.05) is 31.2 Å². The second-order valence-corrected chi connectivity index (χ2v) is 8.38. The predicted molar refractivity (Wildman–Crippen MR) is 128 cm³/mol. The molecule has 0 radical (unpaired) electrons. The highest BCUT2D eigenvalue weighted by Crippen LogP contribution is 2.28. The van der Waals surface area contributed by atoms with E-state index in [1.165, 1.54) is 6.42 Å². The number of nitriles is 1. The fourth-order valence-corrected chi connectivity index (χ4v) is 4.21. The molecule has 1 saturated carbocycles. The first-order valence-electron chi connectivity index (χ1n) is 11.6. The van der Waals surface area contributed by atoms with E-state index in [9.17, 15) is 9.59 Å². The van der Waals surface area contributed by atoms with Crippen LogP contribution in [0.4, 0.5) is 5.69 Å². The molecule has 174 valence electrons. The number of hydrogen-bond acceptors (Lipinski definition) is 5. The van der Waals surface area contributed by atoms with Gasteiger partial charge in [-0.2, -0.15) is 5.26 Å². The Kier molecular flexibility index (Phi) is 8.71. The van der Waals surface area contributed by atoms with Gasteiger partial charge in [-0.05, 0) is 67.8 Å². The van der Waals surface area contributed by atoms with Crippen LogP contribution in [0.25, 0.3) is 0 Å². The highest BCUT2D eigenvalue weighted by atomic mass is 16.5. The van der Waals surface area contributed by atoms with Gasteiger partial charge in [0.15, 0.2) is 0 Å². The number of nitrogens with one attached hydrogen (secondary N) is 2. The SMILES string of the molecule is CCN(Nc1ccc(OC)cc1)C(=O)C(CC1CCCCC1)NC(=O)c1ccc(C#N)cc1. The van der Waals surface area contributed by atoms with E-state index in [-0.39, 0.29) is 11.8 Å². The van der Waals surface area contributed by atoms with E-state index in [0.717, 1.165) is 37.1 Å². The Morgan fingerprint density at radius 2 is 1.76 bits per heavy atom. The number of likely N-dealkylation sites (N-methyl/N-ethyl adjacent to an activating group) is 1. The Morgan fingerprint density at radius 1 is 1.09 bits per heavy atom. The molecule has 2 aromatic carbocycles. The molecule has 0 spiro atoms. The first kappa shape index (κ1) is 24.1. The molecule has 2 amide bonds. The first-order chi connectivity index (χ1) is 16.0. The second-order valence-electron chi connectivity index (χ2n) is 8.38. The number of hydrazine groups is 1. The predicted octanol–water partition coefficient (Wildman–Crippen LogP) is 4.51. The number of methoxy groups -OCH3 is 1. The van der Waals surface area contributed by atoms with Crippen LogP contribution in [-0.2, 0) is 4.79 Å². The van der Waals surface area contributed by atoms with Gasteiger partial charge in [-0.3, -0.25) is 20.0 Å². The fourth-order valence-electron chi connectivity index (χ4n) is 4.21. The monoisotopic (exact) mass is 448 g/mol.